The summed E-state index contributed by atoms with van der Waals surface area (Å²) in [6.45, 7) is 0. The number of hydrogen-bond acceptors (Lipinski definition) is 5. The first-order chi connectivity index (χ1) is 6.70. The molecule has 2 rings (SSSR count). The number of ether oxygens (including phenoxy) is 1. The minimum absolute atomic E-state index is 0.383. The molecule has 6 heteroatoms. The van der Waals surface area contributed by atoms with Gasteiger partial charge in [0.25, 0.3) is 0 Å². The van der Waals surface area contributed by atoms with Gasteiger partial charge in [-0.05, 0) is 18.2 Å². The van der Waals surface area contributed by atoms with Crippen LogP contribution in [0.15, 0.2) is 23.1 Å². The van der Waals surface area contributed by atoms with Crippen molar-refractivity contribution in [2.45, 2.75) is 4.90 Å². The standard InChI is InChI=1S/C8H7NO3S2/c1-12-8(10)5-2-3-6-7(4-5)13-14(11)9-6/h2-4,9H,1H3. The van der Waals surface area contributed by atoms with Gasteiger partial charge < -0.3 is 9.29 Å². The first kappa shape index (κ1) is 9.70. The Morgan fingerprint density at radius 1 is 1.64 bits per heavy atom. The number of carbonyl (C=O) groups is 1. The fourth-order valence-electron chi connectivity index (χ4n) is 1.11. The molecule has 0 spiro atoms. The molecule has 1 atom stereocenters. The van der Waals surface area contributed by atoms with E-state index in [-0.39, 0.29) is 5.97 Å². The van der Waals surface area contributed by atoms with Crippen LogP contribution in [0.5, 0.6) is 0 Å². The molecule has 1 unspecified atom stereocenters. The van der Waals surface area contributed by atoms with Gasteiger partial charge in [-0.15, -0.1) is 0 Å². The van der Waals surface area contributed by atoms with Crippen LogP contribution in [0.25, 0.3) is 0 Å². The van der Waals surface area contributed by atoms with Gasteiger partial charge in [0, 0.05) is 0 Å². The lowest BCUT2D eigenvalue weighted by atomic mass is 10.2. The monoisotopic (exact) mass is 229 g/mol. The predicted octanol–water partition coefficient (Wildman–Crippen LogP) is 1.57. The Morgan fingerprint density at radius 2 is 2.43 bits per heavy atom. The van der Waals surface area contributed by atoms with Crippen molar-refractivity contribution >= 4 is 32.8 Å². The second-order valence-electron chi connectivity index (χ2n) is 2.62. The molecule has 0 radical (unpaired) electrons. The summed E-state index contributed by atoms with van der Waals surface area (Å²) in [6, 6.07) is 5.03. The van der Waals surface area contributed by atoms with Gasteiger partial charge in [0.15, 0.2) is 10.8 Å². The normalized spacial score (nSPS) is 18.6. The van der Waals surface area contributed by atoms with Crippen LogP contribution in [0.4, 0.5) is 5.69 Å². The maximum absolute atomic E-state index is 11.2. The molecule has 1 aromatic carbocycles. The minimum atomic E-state index is -1.13. The topological polar surface area (TPSA) is 61.4 Å². The van der Waals surface area contributed by atoms with Crippen LogP contribution in [-0.2, 0) is 15.1 Å². The van der Waals surface area contributed by atoms with Gasteiger partial charge in [-0.2, -0.15) is 4.72 Å². The van der Waals surface area contributed by atoms with E-state index >= 15 is 0 Å². The Hall–Kier alpha value is -0.850. The molecule has 0 bridgehead atoms. The summed E-state index contributed by atoms with van der Waals surface area (Å²) >= 11 is 0. The zero-order valence-electron chi connectivity index (χ0n) is 7.27. The van der Waals surface area contributed by atoms with Crippen LogP contribution in [0.2, 0.25) is 0 Å². The van der Waals surface area contributed by atoms with E-state index in [9.17, 15) is 9.35 Å². The van der Waals surface area contributed by atoms with Crippen LogP contribution in [-0.4, -0.2) is 17.6 Å². The quantitative estimate of drug-likeness (QED) is 0.450. The van der Waals surface area contributed by atoms with Crippen LogP contribution in [0.3, 0.4) is 0 Å². The van der Waals surface area contributed by atoms with E-state index < -0.39 is 10.4 Å². The highest BCUT2D eigenvalue weighted by molar-refractivity contribution is 8.73. The van der Waals surface area contributed by atoms with Gasteiger partial charge in [0.2, 0.25) is 0 Å². The Labute approximate surface area is 87.7 Å². The Balaban J connectivity index is 2.33. The summed E-state index contributed by atoms with van der Waals surface area (Å²) in [5.74, 6) is -0.383. The van der Waals surface area contributed by atoms with Crippen LogP contribution < -0.4 is 4.72 Å². The highest BCUT2D eigenvalue weighted by Gasteiger charge is 2.25. The van der Waals surface area contributed by atoms with Crippen molar-refractivity contribution in [1.29, 1.82) is 0 Å². The largest absolute Gasteiger partial charge is 0.581 e. The summed E-state index contributed by atoms with van der Waals surface area (Å²) < 4.78 is 18.4. The van der Waals surface area contributed by atoms with Crippen molar-refractivity contribution in [2.24, 2.45) is 0 Å². The first-order valence-electron chi connectivity index (χ1n) is 3.80. The fraction of sp³-hybridized carbons (Fsp3) is 0.125. The predicted molar refractivity (Wildman–Crippen MR) is 55.4 cm³/mol. The van der Waals surface area contributed by atoms with E-state index in [1.807, 2.05) is 0 Å². The molecule has 1 N–H and O–H groups in total. The molecule has 1 heterocycles. The zero-order valence-corrected chi connectivity index (χ0v) is 8.91. The number of hydrogen-bond donors (Lipinski definition) is 1. The number of benzene rings is 1. The second-order valence-corrected chi connectivity index (χ2v) is 5.31. The Bertz CT molecular complexity index is 383. The molecule has 14 heavy (non-hydrogen) atoms. The number of anilines is 1. The maximum atomic E-state index is 11.2. The van der Waals surface area contributed by atoms with Crippen LogP contribution in [0, 0.1) is 0 Å². The number of rotatable bonds is 1. The van der Waals surface area contributed by atoms with E-state index in [2.05, 4.69) is 9.46 Å². The first-order valence-corrected chi connectivity index (χ1v) is 6.28. The molecule has 0 saturated heterocycles. The zero-order chi connectivity index (χ0) is 10.1. The molecule has 0 fully saturated rings. The van der Waals surface area contributed by atoms with Crippen LogP contribution >= 0.6 is 10.8 Å². The Morgan fingerprint density at radius 3 is 3.14 bits per heavy atom. The summed E-state index contributed by atoms with van der Waals surface area (Å²) in [4.78, 5) is 12.0. The summed E-state index contributed by atoms with van der Waals surface area (Å²) in [5.41, 5.74) is 1.26. The second kappa shape index (κ2) is 3.72. The van der Waals surface area contributed by atoms with Gasteiger partial charge >= 0.3 is 5.97 Å². The van der Waals surface area contributed by atoms with E-state index in [1.165, 1.54) is 17.9 Å². The number of nitrogens with one attached hydrogen (secondary N) is 1. The van der Waals surface area contributed by atoms with E-state index in [4.69, 9.17) is 0 Å². The molecule has 1 aliphatic rings. The average Bonchev–Trinajstić information content (AvgIpc) is 2.55. The van der Waals surface area contributed by atoms with E-state index in [0.717, 1.165) is 10.6 Å². The lowest BCUT2D eigenvalue weighted by molar-refractivity contribution is 0.0600. The van der Waals surface area contributed by atoms with Gasteiger partial charge in [-0.1, -0.05) is 0 Å². The molecule has 0 saturated carbocycles. The van der Waals surface area contributed by atoms with E-state index in [0.29, 0.717) is 5.56 Å². The number of methoxy groups -OCH3 is 1. The van der Waals surface area contributed by atoms with Gasteiger partial charge in [-0.3, -0.25) is 0 Å². The van der Waals surface area contributed by atoms with Gasteiger partial charge in [-0.25, -0.2) is 4.79 Å². The molecule has 0 amide bonds. The molecular formula is C8H7NO3S2. The highest BCUT2D eigenvalue weighted by Crippen LogP contribution is 2.40. The summed E-state index contributed by atoms with van der Waals surface area (Å²) in [7, 11) is 1.39. The number of esters is 1. The lowest BCUT2D eigenvalue weighted by Crippen LogP contribution is -2.01. The molecule has 0 aromatic heterocycles. The average molecular weight is 229 g/mol. The molecule has 74 valence electrons. The lowest BCUT2D eigenvalue weighted by Gasteiger charge is -1.99. The van der Waals surface area contributed by atoms with Crippen molar-refractivity contribution < 1.29 is 14.1 Å². The van der Waals surface area contributed by atoms with Crippen molar-refractivity contribution in [3.05, 3.63) is 23.8 Å². The van der Waals surface area contributed by atoms with Gasteiger partial charge in [0.1, 0.15) is 16.1 Å². The molecule has 0 aliphatic carbocycles. The molecule has 1 aliphatic heterocycles. The maximum Gasteiger partial charge on any atom is 0.337 e. The highest BCUT2D eigenvalue weighted by atomic mass is 33.1. The van der Waals surface area contributed by atoms with Crippen molar-refractivity contribution in [2.75, 3.05) is 11.8 Å². The third-order valence-electron chi connectivity index (χ3n) is 1.76. The molecule has 1 aromatic rings. The van der Waals surface area contributed by atoms with Crippen LogP contribution in [0.1, 0.15) is 10.4 Å². The summed E-state index contributed by atoms with van der Waals surface area (Å²) in [5, 5.41) is 0. The third-order valence-corrected chi connectivity index (χ3v) is 4.06. The van der Waals surface area contributed by atoms with Crippen molar-refractivity contribution in [1.82, 2.24) is 0 Å². The Kier molecular flexibility index (Phi) is 2.58. The molecular weight excluding hydrogens is 222 g/mol. The van der Waals surface area contributed by atoms with Crippen molar-refractivity contribution in [3.63, 3.8) is 0 Å². The number of fused-ring (bicyclic) bond motifs is 1. The fourth-order valence-corrected chi connectivity index (χ4v) is 3.42. The van der Waals surface area contributed by atoms with E-state index in [1.54, 1.807) is 18.2 Å². The SMILES string of the molecule is COC(=O)c1ccc2c(c1)S[S+]([O-])N2. The number of carbonyl (C=O) groups excluding carboxylic acids is 1. The minimum Gasteiger partial charge on any atom is -0.581 e. The summed E-state index contributed by atoms with van der Waals surface area (Å²) in [6.07, 6.45) is 0. The third kappa shape index (κ3) is 1.68. The smallest absolute Gasteiger partial charge is 0.337 e. The van der Waals surface area contributed by atoms with Gasteiger partial charge in [0.05, 0.1) is 17.6 Å². The molecule has 4 nitrogen and oxygen atoms in total. The van der Waals surface area contributed by atoms with Crippen molar-refractivity contribution in [3.8, 4) is 0 Å².